The Morgan fingerprint density at radius 2 is 1.58 bits per heavy atom. The lowest BCUT2D eigenvalue weighted by Crippen LogP contribution is -2.44. The van der Waals surface area contributed by atoms with Crippen LogP contribution in [0.25, 0.3) is 0 Å². The molecule has 0 saturated carbocycles. The number of aryl methyl sites for hydroxylation is 1. The first-order chi connectivity index (χ1) is 15.9. The minimum absolute atomic E-state index is 0.157. The van der Waals surface area contributed by atoms with Gasteiger partial charge >= 0.3 is 0 Å². The Kier molecular flexibility index (Phi) is 6.81. The molecule has 3 aromatic rings. The van der Waals surface area contributed by atoms with Crippen molar-refractivity contribution in [3.05, 3.63) is 95.6 Å². The Balaban J connectivity index is 1.47. The van der Waals surface area contributed by atoms with Crippen molar-refractivity contribution in [1.29, 1.82) is 0 Å². The molecule has 0 bridgehead atoms. The number of nitrogens with one attached hydrogen (secondary N) is 2. The molecule has 1 saturated heterocycles. The molecule has 7 heteroatoms. The van der Waals surface area contributed by atoms with E-state index in [0.717, 1.165) is 12.8 Å². The molecule has 1 aliphatic heterocycles. The van der Waals surface area contributed by atoms with E-state index in [1.165, 1.54) is 5.56 Å². The molecule has 1 aliphatic rings. The fourth-order valence-corrected chi connectivity index (χ4v) is 5.35. The monoisotopic (exact) mass is 464 g/mol. The van der Waals surface area contributed by atoms with Crippen LogP contribution in [0.1, 0.15) is 34.3 Å². The van der Waals surface area contributed by atoms with Gasteiger partial charge in [0.15, 0.2) is 0 Å². The van der Waals surface area contributed by atoms with Crippen molar-refractivity contribution >= 4 is 21.6 Å². The zero-order valence-corrected chi connectivity index (χ0v) is 19.4. The van der Waals surface area contributed by atoms with Crippen LogP contribution in [-0.4, -0.2) is 34.1 Å². The lowest BCUT2D eigenvalue weighted by atomic mass is 9.74. The maximum absolute atomic E-state index is 13.0. The fraction of sp³-hybridized carbons (Fsp3) is 0.269. The minimum atomic E-state index is -3.69. The number of rotatable bonds is 7. The van der Waals surface area contributed by atoms with Gasteiger partial charge in [-0.25, -0.2) is 8.42 Å². The van der Waals surface area contributed by atoms with Gasteiger partial charge in [-0.05, 0) is 61.2 Å². The number of sulfonamides is 1. The molecule has 3 aromatic carbocycles. The van der Waals surface area contributed by atoms with Crippen molar-refractivity contribution in [2.24, 2.45) is 0 Å². The highest BCUT2D eigenvalue weighted by molar-refractivity contribution is 7.92. The van der Waals surface area contributed by atoms with E-state index in [0.29, 0.717) is 36.6 Å². The van der Waals surface area contributed by atoms with Crippen molar-refractivity contribution in [3.63, 3.8) is 0 Å². The number of hydrogen-bond acceptors (Lipinski definition) is 4. The molecule has 1 heterocycles. The minimum Gasteiger partial charge on any atom is -0.381 e. The molecule has 172 valence electrons. The predicted molar refractivity (Wildman–Crippen MR) is 129 cm³/mol. The summed E-state index contributed by atoms with van der Waals surface area (Å²) in [6.45, 7) is 3.63. The molecule has 0 radical (unpaired) electrons. The molecule has 0 aliphatic carbocycles. The Bertz CT molecular complexity index is 1210. The van der Waals surface area contributed by atoms with Crippen LogP contribution in [0, 0.1) is 6.92 Å². The van der Waals surface area contributed by atoms with Gasteiger partial charge in [0.05, 0.1) is 10.6 Å². The lowest BCUT2D eigenvalue weighted by molar-refractivity contribution is 0.0487. The average molecular weight is 465 g/mol. The van der Waals surface area contributed by atoms with Gasteiger partial charge in [0.25, 0.3) is 15.9 Å². The van der Waals surface area contributed by atoms with E-state index in [9.17, 15) is 13.2 Å². The summed E-state index contributed by atoms with van der Waals surface area (Å²) < 4.78 is 33.4. The Morgan fingerprint density at radius 1 is 0.939 bits per heavy atom. The highest BCUT2D eigenvalue weighted by Gasteiger charge is 2.34. The summed E-state index contributed by atoms with van der Waals surface area (Å²) in [5.41, 5.74) is 2.66. The number of hydrogen-bond donors (Lipinski definition) is 2. The zero-order chi connectivity index (χ0) is 23.3. The molecule has 2 N–H and O–H groups in total. The Hall–Kier alpha value is -3.16. The summed E-state index contributed by atoms with van der Waals surface area (Å²) in [4.78, 5) is 13.1. The third-order valence-electron chi connectivity index (χ3n) is 6.21. The first kappa shape index (κ1) is 23.0. The maximum Gasteiger partial charge on any atom is 0.261 e. The molecular formula is C26H28N2O4S. The molecule has 0 aromatic heterocycles. The average Bonchev–Trinajstić information content (AvgIpc) is 2.85. The second-order valence-electron chi connectivity index (χ2n) is 8.39. The summed E-state index contributed by atoms with van der Waals surface area (Å²) in [5, 5.41) is 3.10. The van der Waals surface area contributed by atoms with E-state index in [4.69, 9.17) is 4.74 Å². The van der Waals surface area contributed by atoms with Crippen molar-refractivity contribution in [3.8, 4) is 0 Å². The van der Waals surface area contributed by atoms with Gasteiger partial charge in [0.1, 0.15) is 0 Å². The van der Waals surface area contributed by atoms with E-state index in [1.54, 1.807) is 55.5 Å². The first-order valence-corrected chi connectivity index (χ1v) is 12.5. The fourth-order valence-electron chi connectivity index (χ4n) is 4.20. The number of carbonyl (C=O) groups excluding carboxylic acids is 1. The topological polar surface area (TPSA) is 84.5 Å². The first-order valence-electron chi connectivity index (χ1n) is 11.0. The molecular weight excluding hydrogens is 436 g/mol. The molecule has 33 heavy (non-hydrogen) atoms. The summed E-state index contributed by atoms with van der Waals surface area (Å²) in [7, 11) is -3.69. The van der Waals surface area contributed by atoms with E-state index in [2.05, 4.69) is 22.2 Å². The smallest absolute Gasteiger partial charge is 0.261 e. The maximum atomic E-state index is 13.0. The van der Waals surface area contributed by atoms with Crippen LogP contribution in [0.5, 0.6) is 0 Å². The van der Waals surface area contributed by atoms with E-state index in [1.807, 2.05) is 18.2 Å². The van der Waals surface area contributed by atoms with Gasteiger partial charge in [-0.1, -0.05) is 48.5 Å². The van der Waals surface area contributed by atoms with Gasteiger partial charge in [-0.15, -0.1) is 0 Å². The molecule has 0 atom stereocenters. The van der Waals surface area contributed by atoms with Gasteiger partial charge in [0.2, 0.25) is 0 Å². The van der Waals surface area contributed by atoms with E-state index >= 15 is 0 Å². The molecule has 0 spiro atoms. The van der Waals surface area contributed by atoms with E-state index in [-0.39, 0.29) is 16.2 Å². The Labute approximate surface area is 195 Å². The van der Waals surface area contributed by atoms with Gasteiger partial charge < -0.3 is 10.1 Å². The van der Waals surface area contributed by atoms with Crippen LogP contribution >= 0.6 is 0 Å². The molecule has 4 rings (SSSR count). The Morgan fingerprint density at radius 3 is 2.21 bits per heavy atom. The predicted octanol–water partition coefficient (Wildman–Crippen LogP) is 4.27. The van der Waals surface area contributed by atoms with Crippen LogP contribution < -0.4 is 10.0 Å². The van der Waals surface area contributed by atoms with E-state index < -0.39 is 10.0 Å². The summed E-state index contributed by atoms with van der Waals surface area (Å²) in [5.74, 6) is -0.183. The third kappa shape index (κ3) is 5.26. The normalized spacial score (nSPS) is 15.5. The number of anilines is 1. The molecule has 1 fully saturated rings. The second-order valence-corrected chi connectivity index (χ2v) is 10.1. The van der Waals surface area contributed by atoms with Gasteiger partial charge in [-0.2, -0.15) is 0 Å². The summed E-state index contributed by atoms with van der Waals surface area (Å²) in [6, 6.07) is 23.4. The SMILES string of the molecule is Cc1cc(C(=O)NCC2(c3ccccc3)CCOCC2)ccc1NS(=O)(=O)c1ccccc1. The summed E-state index contributed by atoms with van der Waals surface area (Å²) >= 11 is 0. The van der Waals surface area contributed by atoms with Crippen LogP contribution in [0.4, 0.5) is 5.69 Å². The largest absolute Gasteiger partial charge is 0.381 e. The zero-order valence-electron chi connectivity index (χ0n) is 18.6. The third-order valence-corrected chi connectivity index (χ3v) is 7.59. The molecule has 1 amide bonds. The van der Waals surface area contributed by atoms with Crippen molar-refractivity contribution in [2.45, 2.75) is 30.1 Å². The number of amides is 1. The molecule has 6 nitrogen and oxygen atoms in total. The van der Waals surface area contributed by atoms with Crippen LogP contribution in [0.15, 0.2) is 83.8 Å². The number of carbonyl (C=O) groups is 1. The van der Waals surface area contributed by atoms with Crippen LogP contribution in [0.2, 0.25) is 0 Å². The van der Waals surface area contributed by atoms with Crippen molar-refractivity contribution < 1.29 is 17.9 Å². The highest BCUT2D eigenvalue weighted by Crippen LogP contribution is 2.34. The quantitative estimate of drug-likeness (QED) is 0.547. The standard InChI is InChI=1S/C26H28N2O4S/c1-20-18-21(12-13-24(20)28-33(30,31)23-10-6-3-7-11-23)25(29)27-19-26(14-16-32-17-15-26)22-8-4-2-5-9-22/h2-13,18,28H,14-17,19H2,1H3,(H,27,29). The van der Waals surface area contributed by atoms with Crippen LogP contribution in [-0.2, 0) is 20.2 Å². The van der Waals surface area contributed by atoms with Crippen molar-refractivity contribution in [1.82, 2.24) is 5.32 Å². The number of ether oxygens (including phenoxy) is 1. The highest BCUT2D eigenvalue weighted by atomic mass is 32.2. The second kappa shape index (κ2) is 9.77. The number of benzene rings is 3. The van der Waals surface area contributed by atoms with Crippen LogP contribution in [0.3, 0.4) is 0 Å². The molecule has 0 unspecified atom stereocenters. The van der Waals surface area contributed by atoms with Gasteiger partial charge in [0, 0.05) is 30.7 Å². The lowest BCUT2D eigenvalue weighted by Gasteiger charge is -2.38. The van der Waals surface area contributed by atoms with Gasteiger partial charge in [-0.3, -0.25) is 9.52 Å². The van der Waals surface area contributed by atoms with Crippen molar-refractivity contribution in [2.75, 3.05) is 24.5 Å². The summed E-state index contributed by atoms with van der Waals surface area (Å²) in [6.07, 6.45) is 1.69.